The maximum atomic E-state index is 5.84. The van der Waals surface area contributed by atoms with E-state index in [0.717, 1.165) is 27.9 Å². The van der Waals surface area contributed by atoms with Crippen LogP contribution in [0.2, 0.25) is 0 Å². The van der Waals surface area contributed by atoms with Gasteiger partial charge in [0, 0.05) is 17.6 Å². The standard InChI is InChI=1S/C23H32N4O2S/c1-6-28-19-13-12-17(14-20(19)29-7-2)21-16(4)26-27-22(21)25-23(30-5)24-18-11-9-8-10-15(18)3/h8-14,16,21-22,26-27H,6-7H2,1-5H3,(H,24,25). The summed E-state index contributed by atoms with van der Waals surface area (Å²) in [7, 11) is 0. The second-order valence-corrected chi connectivity index (χ2v) is 7.99. The SMILES string of the molecule is CCOc1ccc(C2C(C)NNC2/N=C(/Nc2ccccc2C)SC)cc1OCC. The maximum absolute atomic E-state index is 5.84. The molecule has 3 atom stereocenters. The van der Waals surface area contributed by atoms with Gasteiger partial charge in [0.25, 0.3) is 0 Å². The average Bonchev–Trinajstić information content (AvgIpc) is 3.10. The molecule has 162 valence electrons. The Bertz CT molecular complexity index is 874. The summed E-state index contributed by atoms with van der Waals surface area (Å²) in [5.41, 5.74) is 10.1. The molecule has 1 heterocycles. The summed E-state index contributed by atoms with van der Waals surface area (Å²) in [4.78, 5) is 5.00. The van der Waals surface area contributed by atoms with E-state index in [1.165, 1.54) is 5.56 Å². The molecule has 1 saturated heterocycles. The van der Waals surface area contributed by atoms with E-state index in [1.807, 2.05) is 38.3 Å². The van der Waals surface area contributed by atoms with Crippen molar-refractivity contribution < 1.29 is 9.47 Å². The van der Waals surface area contributed by atoms with E-state index in [1.54, 1.807) is 11.8 Å². The second kappa shape index (κ2) is 10.7. The highest BCUT2D eigenvalue weighted by atomic mass is 32.2. The third-order valence-electron chi connectivity index (χ3n) is 5.13. The van der Waals surface area contributed by atoms with Crippen molar-refractivity contribution in [2.45, 2.75) is 45.8 Å². The van der Waals surface area contributed by atoms with E-state index in [2.05, 4.69) is 54.3 Å². The monoisotopic (exact) mass is 428 g/mol. The number of nitrogens with zero attached hydrogens (tertiary/aromatic N) is 1. The molecule has 6 nitrogen and oxygen atoms in total. The minimum absolute atomic E-state index is 0.105. The van der Waals surface area contributed by atoms with Gasteiger partial charge in [0.05, 0.1) is 13.2 Å². The molecule has 0 spiro atoms. The second-order valence-electron chi connectivity index (χ2n) is 7.20. The minimum atomic E-state index is -0.105. The molecule has 1 aliphatic rings. The van der Waals surface area contributed by atoms with Crippen molar-refractivity contribution in [1.29, 1.82) is 0 Å². The number of amidine groups is 1. The predicted octanol–water partition coefficient (Wildman–Crippen LogP) is 4.53. The van der Waals surface area contributed by atoms with E-state index in [9.17, 15) is 0 Å². The summed E-state index contributed by atoms with van der Waals surface area (Å²) in [6.45, 7) is 9.43. The molecule has 0 bridgehead atoms. The predicted molar refractivity (Wildman–Crippen MR) is 127 cm³/mol. The Morgan fingerprint density at radius 3 is 2.50 bits per heavy atom. The number of aliphatic imine (C=N–C) groups is 1. The summed E-state index contributed by atoms with van der Waals surface area (Å²) in [6.07, 6.45) is 1.93. The summed E-state index contributed by atoms with van der Waals surface area (Å²) >= 11 is 1.61. The molecule has 1 aliphatic heterocycles. The molecule has 0 saturated carbocycles. The number of hydrazine groups is 1. The van der Waals surface area contributed by atoms with Gasteiger partial charge < -0.3 is 14.8 Å². The number of anilines is 1. The number of thioether (sulfide) groups is 1. The number of hydrogen-bond donors (Lipinski definition) is 3. The molecule has 0 radical (unpaired) electrons. The minimum Gasteiger partial charge on any atom is -0.490 e. The van der Waals surface area contributed by atoms with Crippen LogP contribution in [-0.4, -0.2) is 36.8 Å². The van der Waals surface area contributed by atoms with Crippen molar-refractivity contribution >= 4 is 22.6 Å². The molecule has 2 aromatic rings. The normalized spacial score (nSPS) is 21.5. The van der Waals surface area contributed by atoms with Crippen LogP contribution in [0.25, 0.3) is 0 Å². The van der Waals surface area contributed by atoms with Crippen LogP contribution in [-0.2, 0) is 0 Å². The van der Waals surface area contributed by atoms with E-state index >= 15 is 0 Å². The fraction of sp³-hybridized carbons (Fsp3) is 0.435. The smallest absolute Gasteiger partial charge is 0.162 e. The first-order valence-electron chi connectivity index (χ1n) is 10.4. The van der Waals surface area contributed by atoms with Crippen molar-refractivity contribution in [3.8, 4) is 11.5 Å². The van der Waals surface area contributed by atoms with Crippen LogP contribution >= 0.6 is 11.8 Å². The van der Waals surface area contributed by atoms with Gasteiger partial charge in [0.1, 0.15) is 6.17 Å². The number of hydrogen-bond acceptors (Lipinski definition) is 6. The lowest BCUT2D eigenvalue weighted by Gasteiger charge is -2.21. The summed E-state index contributed by atoms with van der Waals surface area (Å²) in [6, 6.07) is 14.6. The zero-order chi connectivity index (χ0) is 21.5. The topological polar surface area (TPSA) is 66.9 Å². The van der Waals surface area contributed by atoms with E-state index in [-0.39, 0.29) is 18.1 Å². The Kier molecular flexibility index (Phi) is 8.01. The molecule has 30 heavy (non-hydrogen) atoms. The number of benzene rings is 2. The zero-order valence-electron chi connectivity index (χ0n) is 18.4. The Morgan fingerprint density at radius 1 is 1.07 bits per heavy atom. The molecular weight excluding hydrogens is 396 g/mol. The highest BCUT2D eigenvalue weighted by Gasteiger charge is 2.35. The van der Waals surface area contributed by atoms with Gasteiger partial charge in [0.2, 0.25) is 0 Å². The van der Waals surface area contributed by atoms with Crippen molar-refractivity contribution in [3.05, 3.63) is 53.6 Å². The fourth-order valence-corrected chi connectivity index (χ4v) is 4.05. The number of ether oxygens (including phenoxy) is 2. The Labute approximate surface area is 183 Å². The molecule has 3 rings (SSSR count). The first-order chi connectivity index (χ1) is 14.6. The van der Waals surface area contributed by atoms with Gasteiger partial charge in [-0.3, -0.25) is 5.43 Å². The van der Waals surface area contributed by atoms with Gasteiger partial charge in [-0.15, -0.1) is 0 Å². The van der Waals surface area contributed by atoms with Crippen LogP contribution in [0.5, 0.6) is 11.5 Å². The molecule has 2 aromatic carbocycles. The number of rotatable bonds is 7. The molecule has 0 aliphatic carbocycles. The molecule has 3 N–H and O–H groups in total. The molecule has 3 unspecified atom stereocenters. The molecular formula is C23H32N4O2S. The lowest BCUT2D eigenvalue weighted by molar-refractivity contribution is 0.287. The highest BCUT2D eigenvalue weighted by molar-refractivity contribution is 8.13. The first-order valence-corrected chi connectivity index (χ1v) is 11.6. The van der Waals surface area contributed by atoms with E-state index in [0.29, 0.717) is 13.2 Å². The van der Waals surface area contributed by atoms with Crippen LogP contribution < -0.4 is 25.6 Å². The summed E-state index contributed by atoms with van der Waals surface area (Å²) in [5, 5.41) is 4.34. The molecule has 0 aromatic heterocycles. The van der Waals surface area contributed by atoms with E-state index < -0.39 is 0 Å². The van der Waals surface area contributed by atoms with Gasteiger partial charge in [-0.25, -0.2) is 10.4 Å². The average molecular weight is 429 g/mol. The van der Waals surface area contributed by atoms with Crippen molar-refractivity contribution in [1.82, 2.24) is 10.9 Å². The quantitative estimate of drug-likeness (QED) is 0.445. The lowest BCUT2D eigenvalue weighted by atomic mass is 9.91. The third-order valence-corrected chi connectivity index (χ3v) is 5.72. The fourth-order valence-electron chi connectivity index (χ4n) is 3.62. The number of aryl methyl sites for hydroxylation is 1. The van der Waals surface area contributed by atoms with Crippen molar-refractivity contribution in [2.24, 2.45) is 4.99 Å². The van der Waals surface area contributed by atoms with Crippen LogP contribution in [0.15, 0.2) is 47.5 Å². The van der Waals surface area contributed by atoms with Crippen molar-refractivity contribution in [2.75, 3.05) is 24.8 Å². The molecule has 1 fully saturated rings. The van der Waals surface area contributed by atoms with Crippen LogP contribution in [0.3, 0.4) is 0 Å². The van der Waals surface area contributed by atoms with Crippen LogP contribution in [0.4, 0.5) is 5.69 Å². The van der Waals surface area contributed by atoms with Gasteiger partial charge in [-0.05, 0) is 63.3 Å². The zero-order valence-corrected chi connectivity index (χ0v) is 19.2. The largest absolute Gasteiger partial charge is 0.490 e. The van der Waals surface area contributed by atoms with Gasteiger partial charge in [-0.2, -0.15) is 0 Å². The van der Waals surface area contributed by atoms with E-state index in [4.69, 9.17) is 14.5 Å². The summed E-state index contributed by atoms with van der Waals surface area (Å²) < 4.78 is 11.6. The molecule has 7 heteroatoms. The Hall–Kier alpha value is -2.22. The Balaban J connectivity index is 1.87. The number of para-hydroxylation sites is 1. The number of nitrogens with one attached hydrogen (secondary N) is 3. The highest BCUT2D eigenvalue weighted by Crippen LogP contribution is 2.35. The molecule has 0 amide bonds. The maximum Gasteiger partial charge on any atom is 0.162 e. The summed E-state index contributed by atoms with van der Waals surface area (Å²) in [5.74, 6) is 1.71. The lowest BCUT2D eigenvalue weighted by Crippen LogP contribution is -2.32. The van der Waals surface area contributed by atoms with Crippen LogP contribution in [0.1, 0.15) is 37.8 Å². The van der Waals surface area contributed by atoms with Gasteiger partial charge in [0.15, 0.2) is 16.7 Å². The van der Waals surface area contributed by atoms with Gasteiger partial charge >= 0.3 is 0 Å². The van der Waals surface area contributed by atoms with Crippen LogP contribution in [0, 0.1) is 6.92 Å². The third kappa shape index (κ3) is 5.28. The first kappa shape index (κ1) is 22.5. The van der Waals surface area contributed by atoms with Crippen molar-refractivity contribution in [3.63, 3.8) is 0 Å². The Morgan fingerprint density at radius 2 is 1.80 bits per heavy atom. The van der Waals surface area contributed by atoms with Gasteiger partial charge in [-0.1, -0.05) is 36.0 Å².